The molecule has 1 atom stereocenters. The van der Waals surface area contributed by atoms with Gasteiger partial charge in [0.1, 0.15) is 6.04 Å². The predicted molar refractivity (Wildman–Crippen MR) is 118 cm³/mol. The third-order valence-corrected chi connectivity index (χ3v) is 6.19. The van der Waals surface area contributed by atoms with Crippen LogP contribution in [0.15, 0.2) is 16.9 Å². The Hall–Kier alpha value is -2.42. The molecular weight excluding hydrogens is 421 g/mol. The fraction of sp³-hybridized carbons (Fsp3) is 0.609. The monoisotopic (exact) mass is 452 g/mol. The van der Waals surface area contributed by atoms with Gasteiger partial charge >= 0.3 is 6.18 Å². The van der Waals surface area contributed by atoms with Crippen LogP contribution in [0.4, 0.5) is 13.2 Å². The van der Waals surface area contributed by atoms with Gasteiger partial charge in [0.25, 0.3) is 5.56 Å². The number of aryl methyl sites for hydroxylation is 2. The number of halogens is 3. The Morgan fingerprint density at radius 2 is 1.75 bits per heavy atom. The second-order valence-electron chi connectivity index (χ2n) is 8.63. The Balaban J connectivity index is 1.80. The van der Waals surface area contributed by atoms with E-state index in [2.05, 4.69) is 15.2 Å². The molecule has 9 heteroatoms. The summed E-state index contributed by atoms with van der Waals surface area (Å²) in [6.45, 7) is 8.39. The van der Waals surface area contributed by atoms with Crippen molar-refractivity contribution in [3.05, 3.63) is 39.3 Å². The molecule has 1 aromatic carbocycles. The highest BCUT2D eigenvalue weighted by Gasteiger charge is 2.38. The SMILES string of the molecule is Cc1cc2nc(C(F)(F)F)c(=O)n([C@@H](C)C(=O)NCCCN3CCCCCC3)c2cc1C. The lowest BCUT2D eigenvalue weighted by atomic mass is 10.1. The van der Waals surface area contributed by atoms with E-state index in [1.54, 1.807) is 19.9 Å². The molecule has 1 aliphatic rings. The molecule has 6 nitrogen and oxygen atoms in total. The molecule has 32 heavy (non-hydrogen) atoms. The highest BCUT2D eigenvalue weighted by atomic mass is 19.4. The van der Waals surface area contributed by atoms with Crippen molar-refractivity contribution in [2.24, 2.45) is 0 Å². The molecule has 0 aliphatic carbocycles. The van der Waals surface area contributed by atoms with Gasteiger partial charge < -0.3 is 10.2 Å². The fourth-order valence-corrected chi connectivity index (χ4v) is 4.17. The van der Waals surface area contributed by atoms with Crippen LogP contribution < -0.4 is 10.9 Å². The van der Waals surface area contributed by atoms with E-state index >= 15 is 0 Å². The maximum Gasteiger partial charge on any atom is 0.438 e. The molecule has 0 unspecified atom stereocenters. The third-order valence-electron chi connectivity index (χ3n) is 6.19. The highest BCUT2D eigenvalue weighted by Crippen LogP contribution is 2.28. The number of hydrogen-bond acceptors (Lipinski definition) is 4. The van der Waals surface area contributed by atoms with E-state index in [0.29, 0.717) is 6.54 Å². The number of rotatable bonds is 6. The van der Waals surface area contributed by atoms with E-state index in [1.807, 2.05) is 0 Å². The number of alkyl halides is 3. The minimum atomic E-state index is -4.91. The van der Waals surface area contributed by atoms with Gasteiger partial charge in [-0.25, -0.2) is 4.98 Å². The highest BCUT2D eigenvalue weighted by molar-refractivity contribution is 5.84. The van der Waals surface area contributed by atoms with Crippen molar-refractivity contribution < 1.29 is 18.0 Å². The first-order chi connectivity index (χ1) is 15.1. The Labute approximate surface area is 185 Å². The van der Waals surface area contributed by atoms with Crippen LogP contribution in [0.25, 0.3) is 11.0 Å². The van der Waals surface area contributed by atoms with Gasteiger partial charge in [-0.2, -0.15) is 13.2 Å². The molecule has 0 saturated carbocycles. The lowest BCUT2D eigenvalue weighted by Crippen LogP contribution is -2.40. The summed E-state index contributed by atoms with van der Waals surface area (Å²) in [4.78, 5) is 31.5. The van der Waals surface area contributed by atoms with Gasteiger partial charge in [0, 0.05) is 6.54 Å². The van der Waals surface area contributed by atoms with E-state index in [9.17, 15) is 22.8 Å². The summed E-state index contributed by atoms with van der Waals surface area (Å²) in [5.41, 5.74) is -0.986. The van der Waals surface area contributed by atoms with Crippen LogP contribution >= 0.6 is 0 Å². The van der Waals surface area contributed by atoms with E-state index in [0.717, 1.165) is 41.7 Å². The van der Waals surface area contributed by atoms with Crippen molar-refractivity contribution >= 4 is 16.9 Å². The van der Waals surface area contributed by atoms with Crippen molar-refractivity contribution in [1.29, 1.82) is 0 Å². The molecule has 2 aromatic rings. The fourth-order valence-electron chi connectivity index (χ4n) is 4.17. The normalized spacial score (nSPS) is 16.7. The summed E-state index contributed by atoms with van der Waals surface area (Å²) in [5, 5.41) is 2.79. The second kappa shape index (κ2) is 10.0. The maximum atomic E-state index is 13.5. The zero-order valence-corrected chi connectivity index (χ0v) is 18.9. The number of benzene rings is 1. The summed E-state index contributed by atoms with van der Waals surface area (Å²) in [6.07, 6.45) is 0.700. The molecule has 0 radical (unpaired) electrons. The molecule has 1 saturated heterocycles. The van der Waals surface area contributed by atoms with E-state index in [1.165, 1.54) is 38.7 Å². The van der Waals surface area contributed by atoms with Crippen molar-refractivity contribution in [3.63, 3.8) is 0 Å². The summed E-state index contributed by atoms with van der Waals surface area (Å²) in [7, 11) is 0. The summed E-state index contributed by atoms with van der Waals surface area (Å²) >= 11 is 0. The second-order valence-corrected chi connectivity index (χ2v) is 8.63. The third kappa shape index (κ3) is 5.49. The van der Waals surface area contributed by atoms with Crippen molar-refractivity contribution in [3.8, 4) is 0 Å². The van der Waals surface area contributed by atoms with Gasteiger partial charge in [0.05, 0.1) is 11.0 Å². The number of likely N-dealkylation sites (tertiary alicyclic amines) is 1. The van der Waals surface area contributed by atoms with Crippen LogP contribution in [-0.2, 0) is 11.0 Å². The minimum absolute atomic E-state index is 0.0424. The molecule has 1 fully saturated rings. The molecule has 1 aliphatic heterocycles. The van der Waals surface area contributed by atoms with E-state index < -0.39 is 29.4 Å². The molecule has 176 valence electrons. The van der Waals surface area contributed by atoms with Crippen LogP contribution in [-0.4, -0.2) is 46.5 Å². The van der Waals surface area contributed by atoms with E-state index in [4.69, 9.17) is 0 Å². The first kappa shape index (κ1) is 24.2. The van der Waals surface area contributed by atoms with Crippen LogP contribution in [0, 0.1) is 13.8 Å². The number of nitrogens with zero attached hydrogens (tertiary/aromatic N) is 3. The van der Waals surface area contributed by atoms with Gasteiger partial charge in [-0.3, -0.25) is 14.2 Å². The minimum Gasteiger partial charge on any atom is -0.354 e. The van der Waals surface area contributed by atoms with Gasteiger partial charge in [-0.05, 0) is 82.9 Å². The molecule has 2 heterocycles. The predicted octanol–water partition coefficient (Wildman–Crippen LogP) is 3.98. The average molecular weight is 453 g/mol. The standard InChI is InChI=1S/C23H31F3N4O2/c1-15-13-18-19(14-16(15)2)30(22(32)20(28-18)23(24,25)26)17(3)21(31)27-9-8-12-29-10-6-4-5-7-11-29/h13-14,17H,4-12H2,1-3H3,(H,27,31)/t17-/m0/s1. The smallest absolute Gasteiger partial charge is 0.354 e. The summed E-state index contributed by atoms with van der Waals surface area (Å²) in [6, 6.07) is 2.03. The van der Waals surface area contributed by atoms with Gasteiger partial charge in [-0.15, -0.1) is 0 Å². The van der Waals surface area contributed by atoms with Gasteiger partial charge in [-0.1, -0.05) is 12.8 Å². The summed E-state index contributed by atoms with van der Waals surface area (Å²) < 4.78 is 41.3. The van der Waals surface area contributed by atoms with Crippen LogP contribution in [0.5, 0.6) is 0 Å². The first-order valence-corrected chi connectivity index (χ1v) is 11.2. The zero-order chi connectivity index (χ0) is 23.5. The number of fused-ring (bicyclic) bond motifs is 1. The van der Waals surface area contributed by atoms with Crippen LogP contribution in [0.3, 0.4) is 0 Å². The van der Waals surface area contributed by atoms with Crippen LogP contribution in [0.1, 0.15) is 61.9 Å². The topological polar surface area (TPSA) is 67.2 Å². The Morgan fingerprint density at radius 1 is 1.12 bits per heavy atom. The molecule has 3 rings (SSSR count). The lowest BCUT2D eigenvalue weighted by Gasteiger charge is -2.21. The first-order valence-electron chi connectivity index (χ1n) is 11.2. The molecule has 0 bridgehead atoms. The Kier molecular flexibility index (Phi) is 7.59. The number of aromatic nitrogens is 2. The number of carbonyl (C=O) groups excluding carboxylic acids is 1. The molecule has 1 aromatic heterocycles. The number of nitrogens with one attached hydrogen (secondary N) is 1. The molecule has 0 spiro atoms. The Morgan fingerprint density at radius 3 is 2.38 bits per heavy atom. The van der Waals surface area contributed by atoms with Gasteiger partial charge in [0.2, 0.25) is 11.6 Å². The maximum absolute atomic E-state index is 13.5. The molecule has 1 amide bonds. The molecule has 1 N–H and O–H groups in total. The van der Waals surface area contributed by atoms with E-state index in [-0.39, 0.29) is 11.0 Å². The van der Waals surface area contributed by atoms with Gasteiger partial charge in [0.15, 0.2) is 0 Å². The van der Waals surface area contributed by atoms with Crippen molar-refractivity contribution in [2.75, 3.05) is 26.2 Å². The number of hydrogen-bond donors (Lipinski definition) is 1. The number of carbonyl (C=O) groups is 1. The van der Waals surface area contributed by atoms with Crippen molar-refractivity contribution in [1.82, 2.24) is 19.8 Å². The van der Waals surface area contributed by atoms with Crippen LogP contribution in [0.2, 0.25) is 0 Å². The quantitative estimate of drug-likeness (QED) is 0.674. The zero-order valence-electron chi connectivity index (χ0n) is 18.9. The van der Waals surface area contributed by atoms with Crippen molar-refractivity contribution in [2.45, 2.75) is 65.1 Å². The summed E-state index contributed by atoms with van der Waals surface area (Å²) in [5.74, 6) is -0.484. The Bertz CT molecular complexity index is 1020. The lowest BCUT2D eigenvalue weighted by molar-refractivity contribution is -0.142. The number of amides is 1. The molecular formula is C23H31F3N4O2. The largest absolute Gasteiger partial charge is 0.438 e. The average Bonchev–Trinajstić information content (AvgIpc) is 2.99.